The lowest BCUT2D eigenvalue weighted by Gasteiger charge is -2.24. The van der Waals surface area contributed by atoms with Gasteiger partial charge in [-0.1, -0.05) is 0 Å². The van der Waals surface area contributed by atoms with Crippen molar-refractivity contribution in [3.63, 3.8) is 0 Å². The molecule has 2 aliphatic heterocycles. The highest BCUT2D eigenvalue weighted by Gasteiger charge is 2.24. The summed E-state index contributed by atoms with van der Waals surface area (Å²) in [6, 6.07) is 0.556. The summed E-state index contributed by atoms with van der Waals surface area (Å²) in [6.07, 6.45) is 4.66. The van der Waals surface area contributed by atoms with Crippen LogP contribution in [-0.4, -0.2) is 50.1 Å². The molecular weight excluding hydrogens is 202 g/mol. The molecule has 0 spiro atoms. The molecule has 0 radical (unpaired) electrons. The van der Waals surface area contributed by atoms with Crippen LogP contribution in [0.5, 0.6) is 0 Å². The van der Waals surface area contributed by atoms with E-state index in [1.54, 1.807) is 0 Å². The lowest BCUT2D eigenvalue weighted by Crippen LogP contribution is -2.44. The van der Waals surface area contributed by atoms with E-state index < -0.39 is 0 Å². The molecule has 0 aromatic rings. The van der Waals surface area contributed by atoms with Gasteiger partial charge in [0.1, 0.15) is 0 Å². The Hall–Kier alpha value is -0.610. The fraction of sp³-hybridized carbons (Fsp3) is 0.917. The predicted molar refractivity (Wildman–Crippen MR) is 64.3 cm³/mol. The third-order valence-electron chi connectivity index (χ3n) is 3.85. The highest BCUT2D eigenvalue weighted by Crippen LogP contribution is 2.14. The van der Waals surface area contributed by atoms with Crippen LogP contribution >= 0.6 is 0 Å². The Morgan fingerprint density at radius 2 is 2.31 bits per heavy atom. The van der Waals surface area contributed by atoms with Crippen molar-refractivity contribution < 1.29 is 4.79 Å². The maximum Gasteiger partial charge on any atom is 0.224 e. The summed E-state index contributed by atoms with van der Waals surface area (Å²) in [5.41, 5.74) is 0. The van der Waals surface area contributed by atoms with Crippen LogP contribution in [0.2, 0.25) is 0 Å². The summed E-state index contributed by atoms with van der Waals surface area (Å²) < 4.78 is 0. The fourth-order valence-corrected chi connectivity index (χ4v) is 2.68. The van der Waals surface area contributed by atoms with Crippen molar-refractivity contribution in [1.82, 2.24) is 15.5 Å². The minimum atomic E-state index is 0.195. The average molecular weight is 225 g/mol. The zero-order chi connectivity index (χ0) is 11.4. The van der Waals surface area contributed by atoms with E-state index in [2.05, 4.69) is 22.6 Å². The number of likely N-dealkylation sites (tertiary alicyclic amines) is 1. The van der Waals surface area contributed by atoms with Crippen molar-refractivity contribution in [3.8, 4) is 0 Å². The molecule has 4 nitrogen and oxygen atoms in total. The molecule has 92 valence electrons. The van der Waals surface area contributed by atoms with Crippen LogP contribution in [0, 0.1) is 5.92 Å². The summed E-state index contributed by atoms with van der Waals surface area (Å²) >= 11 is 0. The Morgan fingerprint density at radius 3 is 2.94 bits per heavy atom. The standard InChI is InChI=1S/C12H23N3O/c1-15-7-3-5-11(15)9-14-12(16)10-4-2-6-13-8-10/h10-11,13H,2-9H2,1H3,(H,14,16)/t10-,11?/m1/s1. The third kappa shape index (κ3) is 2.95. The quantitative estimate of drug-likeness (QED) is 0.721. The van der Waals surface area contributed by atoms with Gasteiger partial charge in [0.05, 0.1) is 5.92 Å². The molecule has 0 aromatic carbocycles. The van der Waals surface area contributed by atoms with Gasteiger partial charge in [-0.05, 0) is 45.8 Å². The molecule has 2 N–H and O–H groups in total. The molecule has 2 fully saturated rings. The highest BCUT2D eigenvalue weighted by atomic mass is 16.1. The Balaban J connectivity index is 1.70. The van der Waals surface area contributed by atoms with Gasteiger partial charge < -0.3 is 15.5 Å². The third-order valence-corrected chi connectivity index (χ3v) is 3.85. The molecule has 4 heteroatoms. The number of piperidine rings is 1. The Kier molecular flexibility index (Phi) is 4.18. The number of nitrogens with zero attached hydrogens (tertiary/aromatic N) is 1. The summed E-state index contributed by atoms with van der Waals surface area (Å²) in [5, 5.41) is 6.39. The van der Waals surface area contributed by atoms with Crippen LogP contribution in [0.4, 0.5) is 0 Å². The van der Waals surface area contributed by atoms with E-state index in [4.69, 9.17) is 0 Å². The molecule has 1 unspecified atom stereocenters. The molecule has 0 aliphatic carbocycles. The van der Waals surface area contributed by atoms with E-state index in [9.17, 15) is 4.79 Å². The van der Waals surface area contributed by atoms with Gasteiger partial charge in [-0.25, -0.2) is 0 Å². The second kappa shape index (κ2) is 5.64. The Bertz CT molecular complexity index is 238. The predicted octanol–water partition coefficient (Wildman–Crippen LogP) is 0.196. The SMILES string of the molecule is CN1CCCC1CNC(=O)[C@@H]1CCCNC1. The maximum absolute atomic E-state index is 11.9. The van der Waals surface area contributed by atoms with Crippen molar-refractivity contribution in [2.75, 3.05) is 33.2 Å². The van der Waals surface area contributed by atoms with Gasteiger partial charge in [0, 0.05) is 19.1 Å². The van der Waals surface area contributed by atoms with Crippen LogP contribution in [-0.2, 0) is 4.79 Å². The van der Waals surface area contributed by atoms with Crippen molar-refractivity contribution >= 4 is 5.91 Å². The maximum atomic E-state index is 11.9. The van der Waals surface area contributed by atoms with Gasteiger partial charge in [-0.2, -0.15) is 0 Å². The van der Waals surface area contributed by atoms with E-state index in [0.717, 1.165) is 32.5 Å². The molecule has 1 amide bonds. The van der Waals surface area contributed by atoms with Gasteiger partial charge in [0.25, 0.3) is 0 Å². The Morgan fingerprint density at radius 1 is 1.44 bits per heavy atom. The number of likely N-dealkylation sites (N-methyl/N-ethyl adjacent to an activating group) is 1. The first-order valence-electron chi connectivity index (χ1n) is 6.46. The molecule has 0 aromatic heterocycles. The molecule has 2 saturated heterocycles. The second-order valence-corrected chi connectivity index (χ2v) is 5.07. The van der Waals surface area contributed by atoms with E-state index >= 15 is 0 Å². The summed E-state index contributed by atoms with van der Waals surface area (Å²) in [7, 11) is 2.14. The first kappa shape index (κ1) is 11.9. The monoisotopic (exact) mass is 225 g/mol. The van der Waals surface area contributed by atoms with Crippen molar-refractivity contribution in [2.24, 2.45) is 5.92 Å². The minimum absolute atomic E-state index is 0.195. The average Bonchev–Trinajstić information content (AvgIpc) is 2.73. The zero-order valence-electron chi connectivity index (χ0n) is 10.2. The molecular formula is C12H23N3O. The normalized spacial score (nSPS) is 31.6. The topological polar surface area (TPSA) is 44.4 Å². The molecule has 2 atom stereocenters. The van der Waals surface area contributed by atoms with Crippen LogP contribution in [0.15, 0.2) is 0 Å². The summed E-state index contributed by atoms with van der Waals surface area (Å²) in [5.74, 6) is 0.438. The molecule has 2 aliphatic rings. The number of hydrogen-bond acceptors (Lipinski definition) is 3. The molecule has 0 saturated carbocycles. The van der Waals surface area contributed by atoms with E-state index in [1.807, 2.05) is 0 Å². The van der Waals surface area contributed by atoms with Crippen LogP contribution in [0.1, 0.15) is 25.7 Å². The number of rotatable bonds is 3. The lowest BCUT2D eigenvalue weighted by molar-refractivity contribution is -0.125. The second-order valence-electron chi connectivity index (χ2n) is 5.07. The first-order valence-corrected chi connectivity index (χ1v) is 6.46. The number of carbonyl (C=O) groups is 1. The van der Waals surface area contributed by atoms with Crippen LogP contribution < -0.4 is 10.6 Å². The first-order chi connectivity index (χ1) is 7.77. The number of hydrogen-bond donors (Lipinski definition) is 2. The van der Waals surface area contributed by atoms with Gasteiger partial charge in [0.2, 0.25) is 5.91 Å². The van der Waals surface area contributed by atoms with Crippen molar-refractivity contribution in [1.29, 1.82) is 0 Å². The van der Waals surface area contributed by atoms with Crippen LogP contribution in [0.3, 0.4) is 0 Å². The molecule has 0 bridgehead atoms. The zero-order valence-corrected chi connectivity index (χ0v) is 10.2. The number of carbonyl (C=O) groups excluding carboxylic acids is 1. The minimum Gasteiger partial charge on any atom is -0.354 e. The largest absolute Gasteiger partial charge is 0.354 e. The number of nitrogens with one attached hydrogen (secondary N) is 2. The smallest absolute Gasteiger partial charge is 0.224 e. The van der Waals surface area contributed by atoms with Gasteiger partial charge in [0.15, 0.2) is 0 Å². The van der Waals surface area contributed by atoms with Crippen LogP contribution in [0.25, 0.3) is 0 Å². The van der Waals surface area contributed by atoms with E-state index in [-0.39, 0.29) is 11.8 Å². The summed E-state index contributed by atoms with van der Waals surface area (Å²) in [4.78, 5) is 14.2. The molecule has 2 heterocycles. The number of amides is 1. The summed E-state index contributed by atoms with van der Waals surface area (Å²) in [6.45, 7) is 3.92. The lowest BCUT2D eigenvalue weighted by atomic mass is 9.99. The highest BCUT2D eigenvalue weighted by molar-refractivity contribution is 5.79. The Labute approximate surface area is 97.8 Å². The van der Waals surface area contributed by atoms with Crippen molar-refractivity contribution in [2.45, 2.75) is 31.7 Å². The van der Waals surface area contributed by atoms with E-state index in [0.29, 0.717) is 6.04 Å². The van der Waals surface area contributed by atoms with Crippen molar-refractivity contribution in [3.05, 3.63) is 0 Å². The molecule has 2 rings (SSSR count). The molecule has 16 heavy (non-hydrogen) atoms. The van der Waals surface area contributed by atoms with E-state index in [1.165, 1.54) is 19.4 Å². The van der Waals surface area contributed by atoms with Gasteiger partial charge in [-0.15, -0.1) is 0 Å². The fourth-order valence-electron chi connectivity index (χ4n) is 2.68. The van der Waals surface area contributed by atoms with Gasteiger partial charge >= 0.3 is 0 Å². The van der Waals surface area contributed by atoms with Gasteiger partial charge in [-0.3, -0.25) is 4.79 Å².